The van der Waals surface area contributed by atoms with Gasteiger partial charge in [-0.2, -0.15) is 5.10 Å². The molecule has 2 aromatic rings. The van der Waals surface area contributed by atoms with E-state index in [0.29, 0.717) is 29.0 Å². The predicted octanol–water partition coefficient (Wildman–Crippen LogP) is 2.06. The maximum Gasteiger partial charge on any atom is 0.233 e. The number of hydrogen-bond donors (Lipinski definition) is 1. The molecular formula is C12H15N7. The molecule has 1 N–H and O–H groups in total. The SMILES string of the molecule is [C-]#[N+]c1cnn2nnnc2c1NC1CCCCC1C. The van der Waals surface area contributed by atoms with Crippen LogP contribution in [-0.2, 0) is 0 Å². The standard InChI is InChI=1S/C12H15N7/c1-8-5-3-4-6-9(8)15-11-10(13-2)7-14-19-12(11)16-17-18-19/h7-9,15H,3-6H2,1H3. The zero-order valence-corrected chi connectivity index (χ0v) is 10.7. The Balaban J connectivity index is 1.98. The van der Waals surface area contributed by atoms with Gasteiger partial charge in [-0.25, -0.2) is 4.85 Å². The Morgan fingerprint density at radius 2 is 2.26 bits per heavy atom. The predicted molar refractivity (Wildman–Crippen MR) is 69.9 cm³/mol. The average molecular weight is 257 g/mol. The van der Waals surface area contributed by atoms with Crippen molar-refractivity contribution < 1.29 is 0 Å². The first-order chi connectivity index (χ1) is 9.29. The molecule has 1 fully saturated rings. The second-order valence-corrected chi connectivity index (χ2v) is 5.02. The molecule has 0 spiro atoms. The van der Waals surface area contributed by atoms with Crippen LogP contribution in [0, 0.1) is 12.5 Å². The maximum atomic E-state index is 7.25. The Bertz CT molecular complexity index is 627. The zero-order chi connectivity index (χ0) is 13.2. The van der Waals surface area contributed by atoms with Gasteiger partial charge in [0.25, 0.3) is 0 Å². The Kier molecular flexibility index (Phi) is 2.99. The summed E-state index contributed by atoms with van der Waals surface area (Å²) in [5.41, 5.74) is 1.69. The van der Waals surface area contributed by atoms with Gasteiger partial charge in [0.2, 0.25) is 11.3 Å². The number of aromatic nitrogens is 5. The van der Waals surface area contributed by atoms with Crippen LogP contribution in [0.2, 0.25) is 0 Å². The molecule has 0 bridgehead atoms. The molecule has 2 heterocycles. The molecule has 0 aliphatic heterocycles. The summed E-state index contributed by atoms with van der Waals surface area (Å²) >= 11 is 0. The third-order valence-corrected chi connectivity index (χ3v) is 3.78. The maximum absolute atomic E-state index is 7.25. The first kappa shape index (κ1) is 11.8. The van der Waals surface area contributed by atoms with E-state index in [0.717, 1.165) is 6.42 Å². The highest BCUT2D eigenvalue weighted by Gasteiger charge is 2.23. The largest absolute Gasteiger partial charge is 0.387 e. The quantitative estimate of drug-likeness (QED) is 0.834. The van der Waals surface area contributed by atoms with Crippen LogP contribution in [0.25, 0.3) is 10.5 Å². The van der Waals surface area contributed by atoms with E-state index in [1.54, 1.807) is 0 Å². The lowest BCUT2D eigenvalue weighted by molar-refractivity contribution is 0.349. The highest BCUT2D eigenvalue weighted by atomic mass is 15.6. The molecule has 98 valence electrons. The molecule has 1 aliphatic carbocycles. The van der Waals surface area contributed by atoms with Crippen LogP contribution in [0.1, 0.15) is 32.6 Å². The number of nitrogens with zero attached hydrogens (tertiary/aromatic N) is 6. The van der Waals surface area contributed by atoms with Gasteiger partial charge >= 0.3 is 0 Å². The van der Waals surface area contributed by atoms with Crippen molar-refractivity contribution in [3.05, 3.63) is 17.6 Å². The van der Waals surface area contributed by atoms with Crippen molar-refractivity contribution in [1.29, 1.82) is 0 Å². The van der Waals surface area contributed by atoms with Crippen molar-refractivity contribution >= 4 is 17.0 Å². The number of rotatable bonds is 2. The monoisotopic (exact) mass is 257 g/mol. The lowest BCUT2D eigenvalue weighted by Gasteiger charge is -2.30. The Labute approximate surface area is 110 Å². The second-order valence-electron chi connectivity index (χ2n) is 5.02. The normalized spacial score (nSPS) is 23.2. The first-order valence-corrected chi connectivity index (χ1v) is 6.51. The topological polar surface area (TPSA) is 72.4 Å². The van der Waals surface area contributed by atoms with Crippen LogP contribution in [0.3, 0.4) is 0 Å². The van der Waals surface area contributed by atoms with Gasteiger partial charge in [0.05, 0.1) is 18.5 Å². The van der Waals surface area contributed by atoms with Crippen LogP contribution in [0.5, 0.6) is 0 Å². The molecule has 7 heteroatoms. The van der Waals surface area contributed by atoms with Gasteiger partial charge in [-0.1, -0.05) is 19.8 Å². The highest BCUT2D eigenvalue weighted by molar-refractivity contribution is 5.81. The third-order valence-electron chi connectivity index (χ3n) is 3.78. The van der Waals surface area contributed by atoms with E-state index in [-0.39, 0.29) is 0 Å². The van der Waals surface area contributed by atoms with Crippen LogP contribution < -0.4 is 5.32 Å². The minimum Gasteiger partial charge on any atom is -0.387 e. The summed E-state index contributed by atoms with van der Waals surface area (Å²) in [5, 5.41) is 18.8. The average Bonchev–Trinajstić information content (AvgIpc) is 2.90. The number of hydrogen-bond acceptors (Lipinski definition) is 5. The fourth-order valence-electron chi connectivity index (χ4n) is 2.64. The van der Waals surface area contributed by atoms with E-state index in [1.807, 2.05) is 0 Å². The molecule has 0 amide bonds. The lowest BCUT2D eigenvalue weighted by atomic mass is 9.86. The van der Waals surface area contributed by atoms with Crippen molar-refractivity contribution in [3.63, 3.8) is 0 Å². The molecule has 7 nitrogen and oxygen atoms in total. The number of tetrazole rings is 1. The van der Waals surface area contributed by atoms with Crippen molar-refractivity contribution in [1.82, 2.24) is 25.3 Å². The molecule has 0 saturated heterocycles. The molecule has 3 rings (SSSR count). The van der Waals surface area contributed by atoms with Gasteiger partial charge in [0.1, 0.15) is 0 Å². The van der Waals surface area contributed by atoms with E-state index in [2.05, 4.69) is 37.7 Å². The highest BCUT2D eigenvalue weighted by Crippen LogP contribution is 2.32. The smallest absolute Gasteiger partial charge is 0.233 e. The molecule has 2 aromatic heterocycles. The van der Waals surface area contributed by atoms with Crippen LogP contribution >= 0.6 is 0 Å². The second kappa shape index (κ2) is 4.80. The first-order valence-electron chi connectivity index (χ1n) is 6.51. The third kappa shape index (κ3) is 2.10. The Morgan fingerprint density at radius 1 is 1.42 bits per heavy atom. The van der Waals surface area contributed by atoms with Gasteiger partial charge in [-0.05, 0) is 29.2 Å². The van der Waals surface area contributed by atoms with Crippen molar-refractivity contribution in [2.45, 2.75) is 38.6 Å². The summed E-state index contributed by atoms with van der Waals surface area (Å²) in [5.74, 6) is 0.594. The van der Waals surface area contributed by atoms with Gasteiger partial charge in [-0.15, -0.1) is 9.73 Å². The molecule has 2 unspecified atom stereocenters. The Hall–Kier alpha value is -2.23. The summed E-state index contributed by atoms with van der Waals surface area (Å²) in [7, 11) is 0. The number of anilines is 1. The van der Waals surface area contributed by atoms with Gasteiger partial charge in [-0.3, -0.25) is 0 Å². The summed E-state index contributed by atoms with van der Waals surface area (Å²) < 4.78 is 1.35. The fraction of sp³-hybridized carbons (Fsp3) is 0.583. The summed E-state index contributed by atoms with van der Waals surface area (Å²) in [4.78, 5) is 3.51. The minimum absolute atomic E-state index is 0.372. The van der Waals surface area contributed by atoms with E-state index in [9.17, 15) is 0 Å². The molecule has 0 aromatic carbocycles. The summed E-state index contributed by atoms with van der Waals surface area (Å²) in [6.45, 7) is 9.49. The summed E-state index contributed by atoms with van der Waals surface area (Å²) in [6.07, 6.45) is 6.35. The van der Waals surface area contributed by atoms with Crippen molar-refractivity contribution in [2.24, 2.45) is 5.92 Å². The molecule has 19 heavy (non-hydrogen) atoms. The van der Waals surface area contributed by atoms with E-state index in [1.165, 1.54) is 30.1 Å². The molecule has 1 saturated carbocycles. The molecule has 2 atom stereocenters. The Morgan fingerprint density at radius 3 is 3.05 bits per heavy atom. The van der Waals surface area contributed by atoms with Crippen molar-refractivity contribution in [3.8, 4) is 0 Å². The van der Waals surface area contributed by atoms with Gasteiger partial charge in [0, 0.05) is 6.04 Å². The van der Waals surface area contributed by atoms with E-state index in [4.69, 9.17) is 6.57 Å². The number of fused-ring (bicyclic) bond motifs is 1. The minimum atomic E-state index is 0.372. The summed E-state index contributed by atoms with van der Waals surface area (Å²) in [6, 6.07) is 0.372. The fourth-order valence-corrected chi connectivity index (χ4v) is 2.64. The molecular weight excluding hydrogens is 242 g/mol. The van der Waals surface area contributed by atoms with E-state index >= 15 is 0 Å². The molecule has 1 aliphatic rings. The van der Waals surface area contributed by atoms with Crippen molar-refractivity contribution in [2.75, 3.05) is 5.32 Å². The van der Waals surface area contributed by atoms with E-state index < -0.39 is 0 Å². The van der Waals surface area contributed by atoms with Gasteiger partial charge < -0.3 is 5.32 Å². The van der Waals surface area contributed by atoms with Crippen LogP contribution in [0.15, 0.2) is 6.20 Å². The van der Waals surface area contributed by atoms with Crippen LogP contribution in [0.4, 0.5) is 11.4 Å². The number of nitrogens with one attached hydrogen (secondary N) is 1. The van der Waals surface area contributed by atoms with Crippen LogP contribution in [-0.4, -0.2) is 31.3 Å². The van der Waals surface area contributed by atoms with Gasteiger partial charge in [0.15, 0.2) is 0 Å². The lowest BCUT2D eigenvalue weighted by Crippen LogP contribution is -2.30. The molecule has 0 radical (unpaired) electrons. The zero-order valence-electron chi connectivity index (χ0n) is 10.7.